The van der Waals surface area contributed by atoms with E-state index in [2.05, 4.69) is 33.8 Å². The molecule has 0 N–H and O–H groups in total. The minimum absolute atomic E-state index is 0.0548. The average molecular weight is 429 g/mol. The Balaban J connectivity index is 1.57. The molecule has 1 aliphatic heterocycles. The van der Waals surface area contributed by atoms with Crippen molar-refractivity contribution < 1.29 is 13.6 Å². The van der Waals surface area contributed by atoms with E-state index < -0.39 is 6.55 Å². The fourth-order valence-electron chi connectivity index (χ4n) is 4.20. The monoisotopic (exact) mass is 429 g/mol. The lowest BCUT2D eigenvalue weighted by Crippen LogP contribution is -2.56. The summed E-state index contributed by atoms with van der Waals surface area (Å²) in [6.07, 6.45) is 6.76. The highest BCUT2D eigenvalue weighted by Crippen LogP contribution is 2.40. The maximum absolute atomic E-state index is 12.9. The molecule has 4 rings (SSSR count). The van der Waals surface area contributed by atoms with Gasteiger partial charge in [-0.25, -0.2) is 14.6 Å². The number of nitriles is 1. The van der Waals surface area contributed by atoms with E-state index in [1.54, 1.807) is 0 Å². The minimum atomic E-state index is -2.77. The molecule has 1 amide bonds. The maximum atomic E-state index is 12.9. The van der Waals surface area contributed by atoms with E-state index in [1.165, 1.54) is 12.4 Å². The Morgan fingerprint density at radius 1 is 1.35 bits per heavy atom. The first-order chi connectivity index (χ1) is 14.9. The van der Waals surface area contributed by atoms with E-state index in [9.17, 15) is 18.8 Å². The smallest absolute Gasteiger partial charge is 0.333 e. The zero-order valence-electron chi connectivity index (χ0n) is 17.6. The van der Waals surface area contributed by atoms with Gasteiger partial charge in [0, 0.05) is 43.4 Å². The molecule has 3 atom stereocenters. The van der Waals surface area contributed by atoms with Gasteiger partial charge < -0.3 is 9.80 Å². The van der Waals surface area contributed by atoms with Crippen LogP contribution in [-0.4, -0.2) is 56.2 Å². The fraction of sp³-hybridized carbons (Fsp3) is 0.571. The number of nitrogens with zero attached hydrogens (tertiary/aromatic N) is 7. The zero-order chi connectivity index (χ0) is 22.1. The van der Waals surface area contributed by atoms with Crippen LogP contribution < -0.4 is 4.90 Å². The largest absolute Gasteiger partial charge is 0.351 e. The zero-order valence-corrected chi connectivity index (χ0v) is 17.6. The van der Waals surface area contributed by atoms with Gasteiger partial charge in [-0.1, -0.05) is 20.3 Å². The highest BCUT2D eigenvalue weighted by Gasteiger charge is 2.44. The second-order valence-electron chi connectivity index (χ2n) is 8.26. The SMILES string of the molecule is CCC[C@@H]1CN(c2cnc(C#N)c(-c3cnn(C(F)F)c3)n2)CCN1C(=O)[C@@H]1C[C@H]1C. The van der Waals surface area contributed by atoms with Gasteiger partial charge in [0.2, 0.25) is 5.91 Å². The molecule has 2 fully saturated rings. The Kier molecular flexibility index (Phi) is 5.85. The number of carbonyl (C=O) groups is 1. The first kappa shape index (κ1) is 21.2. The number of carbonyl (C=O) groups excluding carboxylic acids is 1. The van der Waals surface area contributed by atoms with Crippen molar-refractivity contribution in [1.29, 1.82) is 5.26 Å². The summed E-state index contributed by atoms with van der Waals surface area (Å²) in [5.41, 5.74) is 0.594. The average Bonchev–Trinajstić information content (AvgIpc) is 3.29. The summed E-state index contributed by atoms with van der Waals surface area (Å²) < 4.78 is 26.3. The van der Waals surface area contributed by atoms with Gasteiger partial charge in [0.05, 0.1) is 12.4 Å². The number of piperazine rings is 1. The van der Waals surface area contributed by atoms with Crippen LogP contribution in [0.4, 0.5) is 14.6 Å². The lowest BCUT2D eigenvalue weighted by atomic mass is 10.1. The first-order valence-corrected chi connectivity index (χ1v) is 10.6. The molecule has 1 saturated heterocycles. The van der Waals surface area contributed by atoms with Crippen LogP contribution in [0, 0.1) is 23.2 Å². The normalized spacial score (nSPS) is 23.2. The van der Waals surface area contributed by atoms with Crippen LogP contribution >= 0.6 is 0 Å². The van der Waals surface area contributed by atoms with Crippen LogP contribution in [0.25, 0.3) is 11.3 Å². The molecule has 10 heteroatoms. The summed E-state index contributed by atoms with van der Waals surface area (Å²) in [4.78, 5) is 25.7. The molecule has 0 unspecified atom stereocenters. The van der Waals surface area contributed by atoms with Crippen LogP contribution in [0.15, 0.2) is 18.6 Å². The quantitative estimate of drug-likeness (QED) is 0.701. The van der Waals surface area contributed by atoms with Crippen LogP contribution in [0.3, 0.4) is 0 Å². The molecule has 8 nitrogen and oxygen atoms in total. The van der Waals surface area contributed by atoms with Gasteiger partial charge >= 0.3 is 6.55 Å². The Labute approximate surface area is 179 Å². The van der Waals surface area contributed by atoms with Crippen LogP contribution in [0.1, 0.15) is 45.4 Å². The number of amides is 1. The van der Waals surface area contributed by atoms with Gasteiger partial charge in [-0.2, -0.15) is 19.1 Å². The third-order valence-electron chi connectivity index (χ3n) is 6.08. The Hall–Kier alpha value is -3.09. The first-order valence-electron chi connectivity index (χ1n) is 10.6. The summed E-state index contributed by atoms with van der Waals surface area (Å²) in [6.45, 7) is 3.26. The van der Waals surface area contributed by atoms with E-state index in [0.717, 1.165) is 25.5 Å². The Bertz CT molecular complexity index is 1000. The number of hydrogen-bond donors (Lipinski definition) is 0. The van der Waals surface area contributed by atoms with Gasteiger partial charge in [-0.3, -0.25) is 4.79 Å². The molecule has 0 spiro atoms. The summed E-state index contributed by atoms with van der Waals surface area (Å²) in [5.74, 6) is 1.43. The standard InChI is InChI=1S/C21H25F2N7O/c1-3-4-15-12-28(5-6-29(15)20(31)16-7-13(16)2)18-10-25-17(8-24)19(27-18)14-9-26-30(11-14)21(22)23/h9-11,13,15-16,21H,3-7,12H2,1-2H3/t13-,15-,16-/m1/s1. The predicted molar refractivity (Wildman–Crippen MR) is 109 cm³/mol. The molecule has 0 bridgehead atoms. The second-order valence-corrected chi connectivity index (χ2v) is 8.26. The Morgan fingerprint density at radius 2 is 2.13 bits per heavy atom. The van der Waals surface area contributed by atoms with E-state index in [-0.39, 0.29) is 29.3 Å². The Morgan fingerprint density at radius 3 is 2.74 bits per heavy atom. The third-order valence-corrected chi connectivity index (χ3v) is 6.08. The van der Waals surface area contributed by atoms with Crippen LogP contribution in [0.5, 0.6) is 0 Å². The second kappa shape index (κ2) is 8.57. The molecule has 0 radical (unpaired) electrons. The van der Waals surface area contributed by atoms with Crippen molar-refractivity contribution in [3.8, 4) is 17.3 Å². The van der Waals surface area contributed by atoms with E-state index in [4.69, 9.17) is 0 Å². The molecule has 2 aliphatic rings. The number of alkyl halides is 2. The van der Waals surface area contributed by atoms with Crippen molar-refractivity contribution in [2.75, 3.05) is 24.5 Å². The van der Waals surface area contributed by atoms with E-state index in [0.29, 0.717) is 41.6 Å². The van der Waals surface area contributed by atoms with Crippen molar-refractivity contribution >= 4 is 11.7 Å². The number of hydrogen-bond acceptors (Lipinski definition) is 6. The van der Waals surface area contributed by atoms with Crippen molar-refractivity contribution in [2.45, 2.75) is 45.7 Å². The molecule has 0 aromatic carbocycles. The topological polar surface area (TPSA) is 90.9 Å². The molecular formula is C21H25F2N7O. The molecule has 164 valence electrons. The van der Waals surface area contributed by atoms with Crippen LogP contribution in [0.2, 0.25) is 0 Å². The summed E-state index contributed by atoms with van der Waals surface area (Å²) in [5, 5.41) is 13.0. The molecule has 1 saturated carbocycles. The van der Waals surface area contributed by atoms with Crippen LogP contribution in [-0.2, 0) is 4.79 Å². The van der Waals surface area contributed by atoms with Gasteiger partial charge in [0.25, 0.3) is 0 Å². The highest BCUT2D eigenvalue weighted by atomic mass is 19.3. The van der Waals surface area contributed by atoms with Gasteiger partial charge in [-0.15, -0.1) is 0 Å². The molecule has 2 aromatic rings. The number of aromatic nitrogens is 4. The van der Waals surface area contributed by atoms with Crippen molar-refractivity contribution in [3.05, 3.63) is 24.3 Å². The van der Waals surface area contributed by atoms with Crippen molar-refractivity contribution in [3.63, 3.8) is 0 Å². The highest BCUT2D eigenvalue weighted by molar-refractivity contribution is 5.82. The van der Waals surface area contributed by atoms with E-state index >= 15 is 0 Å². The molecule has 2 aromatic heterocycles. The molecule has 3 heterocycles. The van der Waals surface area contributed by atoms with Crippen molar-refractivity contribution in [2.24, 2.45) is 11.8 Å². The van der Waals surface area contributed by atoms with Gasteiger partial charge in [0.15, 0.2) is 5.69 Å². The minimum Gasteiger partial charge on any atom is -0.351 e. The number of anilines is 1. The molecule has 1 aliphatic carbocycles. The predicted octanol–water partition coefficient (Wildman–Crippen LogP) is 3.08. The third kappa shape index (κ3) is 4.22. The lowest BCUT2D eigenvalue weighted by Gasteiger charge is -2.42. The maximum Gasteiger partial charge on any atom is 0.333 e. The molecule has 31 heavy (non-hydrogen) atoms. The summed E-state index contributed by atoms with van der Waals surface area (Å²) >= 11 is 0. The molecular weight excluding hydrogens is 404 g/mol. The summed E-state index contributed by atoms with van der Waals surface area (Å²) in [6, 6.07) is 2.05. The van der Waals surface area contributed by atoms with Gasteiger partial charge in [0.1, 0.15) is 17.6 Å². The van der Waals surface area contributed by atoms with Crippen molar-refractivity contribution in [1.82, 2.24) is 24.6 Å². The van der Waals surface area contributed by atoms with E-state index in [1.807, 2.05) is 11.0 Å². The number of halogens is 2. The lowest BCUT2D eigenvalue weighted by molar-refractivity contribution is -0.135. The van der Waals surface area contributed by atoms with Gasteiger partial charge in [-0.05, 0) is 18.8 Å². The summed E-state index contributed by atoms with van der Waals surface area (Å²) in [7, 11) is 0. The fourth-order valence-corrected chi connectivity index (χ4v) is 4.20. The number of rotatable bonds is 6.